The first-order valence-electron chi connectivity index (χ1n) is 11.3. The molecule has 0 bridgehead atoms. The molecule has 1 N–H and O–H groups in total. The minimum absolute atomic E-state index is 0.0292. The third kappa shape index (κ3) is 4.86. The van der Waals surface area contributed by atoms with Gasteiger partial charge in [0, 0.05) is 23.6 Å². The largest absolute Gasteiger partial charge is 0.489 e. The first-order chi connectivity index (χ1) is 16.7. The Hall–Kier alpha value is -4.31. The summed E-state index contributed by atoms with van der Waals surface area (Å²) in [5.74, 6) is -0.116. The fraction of sp³-hybridized carbons (Fsp3) is 0.100. The second-order valence-electron chi connectivity index (χ2n) is 8.37. The van der Waals surface area contributed by atoms with Gasteiger partial charge in [-0.3, -0.25) is 4.79 Å². The number of carboxylic acids is 1. The van der Waals surface area contributed by atoms with E-state index in [-0.39, 0.29) is 6.42 Å². The molecule has 0 aliphatic heterocycles. The summed E-state index contributed by atoms with van der Waals surface area (Å²) in [6.07, 6.45) is 1.92. The van der Waals surface area contributed by atoms with Crippen molar-refractivity contribution in [3.05, 3.63) is 126 Å². The number of hydrogen-bond acceptors (Lipinski definition) is 2. The molecule has 0 atom stereocenters. The summed E-state index contributed by atoms with van der Waals surface area (Å²) in [5, 5.41) is 10.4. The summed E-state index contributed by atoms with van der Waals surface area (Å²) >= 11 is 0. The highest BCUT2D eigenvalue weighted by Crippen LogP contribution is 2.28. The van der Waals surface area contributed by atoms with Crippen LogP contribution in [-0.4, -0.2) is 15.6 Å². The Morgan fingerprint density at radius 2 is 1.44 bits per heavy atom. The van der Waals surface area contributed by atoms with Crippen molar-refractivity contribution >= 4 is 16.9 Å². The lowest BCUT2D eigenvalue weighted by atomic mass is 10.0. The van der Waals surface area contributed by atoms with Gasteiger partial charge in [0.25, 0.3) is 0 Å². The number of fused-ring (bicyclic) bond motifs is 1. The first kappa shape index (κ1) is 21.5. The van der Waals surface area contributed by atoms with Crippen LogP contribution in [0.15, 0.2) is 109 Å². The van der Waals surface area contributed by atoms with Crippen molar-refractivity contribution in [2.24, 2.45) is 0 Å². The molecule has 0 saturated heterocycles. The van der Waals surface area contributed by atoms with Crippen molar-refractivity contribution in [2.75, 3.05) is 0 Å². The SMILES string of the molecule is O=C(O)Cc1cn(Cc2ccc(-c3ccccc3)cc2)c2ccc(OCc3ccccc3)cc12. The maximum Gasteiger partial charge on any atom is 0.307 e. The quantitative estimate of drug-likeness (QED) is 0.293. The van der Waals surface area contributed by atoms with Crippen LogP contribution in [0.4, 0.5) is 0 Å². The average molecular weight is 448 g/mol. The van der Waals surface area contributed by atoms with E-state index in [4.69, 9.17) is 4.74 Å². The number of carbonyl (C=O) groups is 1. The van der Waals surface area contributed by atoms with Crippen molar-refractivity contribution < 1.29 is 14.6 Å². The topological polar surface area (TPSA) is 51.5 Å². The van der Waals surface area contributed by atoms with Gasteiger partial charge in [0.15, 0.2) is 0 Å². The molecule has 1 aromatic heterocycles. The normalized spacial score (nSPS) is 10.9. The van der Waals surface area contributed by atoms with E-state index in [0.717, 1.165) is 33.3 Å². The standard InChI is InChI=1S/C30H25NO3/c32-30(33)17-26-20-31(19-22-11-13-25(14-12-22)24-9-5-2-6-10-24)29-16-15-27(18-28(26)29)34-21-23-7-3-1-4-8-23/h1-16,18,20H,17,19,21H2,(H,32,33). The Labute approximate surface area is 198 Å². The van der Waals surface area contributed by atoms with E-state index in [1.165, 1.54) is 11.1 Å². The fourth-order valence-electron chi connectivity index (χ4n) is 4.25. The van der Waals surface area contributed by atoms with Gasteiger partial charge in [-0.25, -0.2) is 0 Å². The van der Waals surface area contributed by atoms with E-state index in [1.807, 2.05) is 72.9 Å². The number of benzene rings is 4. The minimum Gasteiger partial charge on any atom is -0.489 e. The van der Waals surface area contributed by atoms with Crippen molar-refractivity contribution in [3.8, 4) is 16.9 Å². The highest BCUT2D eigenvalue weighted by molar-refractivity contribution is 5.88. The van der Waals surface area contributed by atoms with Gasteiger partial charge >= 0.3 is 5.97 Å². The number of nitrogens with zero attached hydrogens (tertiary/aromatic N) is 1. The number of aromatic nitrogens is 1. The highest BCUT2D eigenvalue weighted by Gasteiger charge is 2.13. The summed E-state index contributed by atoms with van der Waals surface area (Å²) in [7, 11) is 0. The predicted molar refractivity (Wildman–Crippen MR) is 135 cm³/mol. The lowest BCUT2D eigenvalue weighted by Crippen LogP contribution is -2.00. The molecular formula is C30H25NO3. The maximum atomic E-state index is 11.5. The lowest BCUT2D eigenvalue weighted by Gasteiger charge is -2.09. The van der Waals surface area contributed by atoms with Gasteiger partial charge in [0.2, 0.25) is 0 Å². The second kappa shape index (κ2) is 9.67. The minimum atomic E-state index is -0.845. The number of aliphatic carboxylic acids is 1. The zero-order valence-corrected chi connectivity index (χ0v) is 18.7. The number of hydrogen-bond donors (Lipinski definition) is 1. The van der Waals surface area contributed by atoms with Gasteiger partial charge in [0.1, 0.15) is 12.4 Å². The van der Waals surface area contributed by atoms with Crippen LogP contribution in [-0.2, 0) is 24.4 Å². The molecule has 0 spiro atoms. The Kier molecular flexibility index (Phi) is 6.13. The van der Waals surface area contributed by atoms with Crippen LogP contribution < -0.4 is 4.74 Å². The van der Waals surface area contributed by atoms with E-state index in [1.54, 1.807) is 0 Å². The molecule has 34 heavy (non-hydrogen) atoms. The van der Waals surface area contributed by atoms with E-state index in [9.17, 15) is 9.90 Å². The summed E-state index contributed by atoms with van der Waals surface area (Å²) in [6.45, 7) is 1.13. The molecule has 168 valence electrons. The highest BCUT2D eigenvalue weighted by atomic mass is 16.5. The van der Waals surface area contributed by atoms with Crippen molar-refractivity contribution in [3.63, 3.8) is 0 Å². The van der Waals surface area contributed by atoms with Gasteiger partial charge in [-0.2, -0.15) is 0 Å². The van der Waals surface area contributed by atoms with Crippen molar-refractivity contribution in [1.82, 2.24) is 4.57 Å². The third-order valence-corrected chi connectivity index (χ3v) is 5.94. The van der Waals surface area contributed by atoms with Gasteiger partial charge in [-0.15, -0.1) is 0 Å². The molecule has 4 nitrogen and oxygen atoms in total. The molecular weight excluding hydrogens is 422 g/mol. The first-order valence-corrected chi connectivity index (χ1v) is 11.3. The maximum absolute atomic E-state index is 11.5. The van der Waals surface area contributed by atoms with E-state index >= 15 is 0 Å². The Bertz CT molecular complexity index is 1400. The average Bonchev–Trinajstić information content (AvgIpc) is 3.20. The Morgan fingerprint density at radius 1 is 0.765 bits per heavy atom. The van der Waals surface area contributed by atoms with Gasteiger partial charge in [0.05, 0.1) is 6.42 Å². The van der Waals surface area contributed by atoms with Crippen LogP contribution in [0.5, 0.6) is 5.75 Å². The number of rotatable bonds is 8. The fourth-order valence-corrected chi connectivity index (χ4v) is 4.25. The molecule has 0 aliphatic carbocycles. The molecule has 4 aromatic carbocycles. The molecule has 1 heterocycles. The van der Waals surface area contributed by atoms with E-state index in [2.05, 4.69) is 41.0 Å². The molecule has 0 radical (unpaired) electrons. The van der Waals surface area contributed by atoms with E-state index < -0.39 is 5.97 Å². The van der Waals surface area contributed by atoms with Gasteiger partial charge < -0.3 is 14.4 Å². The van der Waals surface area contributed by atoms with Crippen LogP contribution in [0, 0.1) is 0 Å². The summed E-state index contributed by atoms with van der Waals surface area (Å²) < 4.78 is 8.10. The number of carboxylic acid groups (broad SMARTS) is 1. The monoisotopic (exact) mass is 447 g/mol. The van der Waals surface area contributed by atoms with Crippen LogP contribution in [0.2, 0.25) is 0 Å². The third-order valence-electron chi connectivity index (χ3n) is 5.94. The van der Waals surface area contributed by atoms with Gasteiger partial charge in [-0.1, -0.05) is 84.9 Å². The smallest absolute Gasteiger partial charge is 0.307 e. The Balaban J connectivity index is 1.41. The lowest BCUT2D eigenvalue weighted by molar-refractivity contribution is -0.136. The summed E-state index contributed by atoms with van der Waals surface area (Å²) in [5.41, 5.74) is 6.39. The van der Waals surface area contributed by atoms with Crippen LogP contribution in [0.3, 0.4) is 0 Å². The van der Waals surface area contributed by atoms with Crippen molar-refractivity contribution in [1.29, 1.82) is 0 Å². The Morgan fingerprint density at radius 3 is 2.15 bits per heavy atom. The molecule has 5 rings (SSSR count). The summed E-state index contributed by atoms with van der Waals surface area (Å²) in [6, 6.07) is 34.7. The molecule has 0 aliphatic rings. The van der Waals surface area contributed by atoms with Crippen LogP contribution in [0.25, 0.3) is 22.0 Å². The van der Waals surface area contributed by atoms with Crippen molar-refractivity contribution in [2.45, 2.75) is 19.6 Å². The zero-order chi connectivity index (χ0) is 23.3. The van der Waals surface area contributed by atoms with E-state index in [0.29, 0.717) is 13.2 Å². The molecule has 0 saturated carbocycles. The molecule has 5 aromatic rings. The van der Waals surface area contributed by atoms with Crippen LogP contribution >= 0.6 is 0 Å². The van der Waals surface area contributed by atoms with Crippen LogP contribution in [0.1, 0.15) is 16.7 Å². The molecule has 4 heteroatoms. The molecule has 0 fully saturated rings. The van der Waals surface area contributed by atoms with Gasteiger partial charge in [-0.05, 0) is 46.0 Å². The zero-order valence-electron chi connectivity index (χ0n) is 18.7. The molecule has 0 unspecified atom stereocenters. The second-order valence-corrected chi connectivity index (χ2v) is 8.37. The summed E-state index contributed by atoms with van der Waals surface area (Å²) in [4.78, 5) is 11.5. The molecule has 0 amide bonds. The number of ether oxygens (including phenoxy) is 1. The predicted octanol–water partition coefficient (Wildman–Crippen LogP) is 6.56.